The molecule has 6 heteroatoms. The predicted octanol–water partition coefficient (Wildman–Crippen LogP) is 3.60. The summed E-state index contributed by atoms with van der Waals surface area (Å²) in [4.78, 5) is 23.5. The number of rotatable bonds is 2. The normalized spacial score (nSPS) is 18.0. The van der Waals surface area contributed by atoms with E-state index in [4.69, 9.17) is 5.10 Å². The van der Waals surface area contributed by atoms with Crippen molar-refractivity contribution in [1.29, 1.82) is 0 Å². The molecule has 1 aliphatic rings. The number of carbonyl (C=O) groups excluding carboxylic acids is 1. The number of amides is 1. The maximum Gasteiger partial charge on any atom is 0.272 e. The van der Waals surface area contributed by atoms with E-state index in [1.165, 1.54) is 0 Å². The summed E-state index contributed by atoms with van der Waals surface area (Å²) >= 11 is 0. The summed E-state index contributed by atoms with van der Waals surface area (Å²) in [5.41, 5.74) is 2.31. The van der Waals surface area contributed by atoms with Crippen LogP contribution < -0.4 is 0 Å². The second-order valence-corrected chi connectivity index (χ2v) is 8.15. The minimum absolute atomic E-state index is 0.00187. The Morgan fingerprint density at radius 3 is 2.67 bits per heavy atom. The standard InChI is InChI=1S/C21H25N5O/c1-21(2,3)26-19-16(9-6-12-23-19)18(24-26)15-8-7-13-25(14-15)20(27)17-10-4-5-11-22-17/h4-6,9-12,15H,7-8,13-14H2,1-3H3/t15-/m0/s1. The van der Waals surface area contributed by atoms with Gasteiger partial charge in [-0.2, -0.15) is 5.10 Å². The molecular weight excluding hydrogens is 338 g/mol. The number of hydrogen-bond acceptors (Lipinski definition) is 4. The number of fused-ring (bicyclic) bond motifs is 1. The van der Waals surface area contributed by atoms with Crippen LogP contribution >= 0.6 is 0 Å². The molecule has 140 valence electrons. The van der Waals surface area contributed by atoms with Crippen molar-refractivity contribution in [2.24, 2.45) is 0 Å². The third kappa shape index (κ3) is 3.31. The Hall–Kier alpha value is -2.76. The highest BCUT2D eigenvalue weighted by atomic mass is 16.2. The first-order valence-corrected chi connectivity index (χ1v) is 9.49. The molecule has 0 N–H and O–H groups in total. The number of likely N-dealkylation sites (tertiary alicyclic amines) is 1. The summed E-state index contributed by atoms with van der Waals surface area (Å²) in [6.45, 7) is 7.84. The van der Waals surface area contributed by atoms with Crippen LogP contribution in [0.5, 0.6) is 0 Å². The molecule has 0 bridgehead atoms. The van der Waals surface area contributed by atoms with E-state index in [1.807, 2.05) is 34.0 Å². The lowest BCUT2D eigenvalue weighted by Crippen LogP contribution is -2.39. The SMILES string of the molecule is CC(C)(C)n1nc([C@H]2CCCN(C(=O)c3ccccn3)C2)c2cccnc21. The molecule has 1 fully saturated rings. The second kappa shape index (κ2) is 6.76. The second-order valence-electron chi connectivity index (χ2n) is 8.15. The lowest BCUT2D eigenvalue weighted by Gasteiger charge is -2.32. The quantitative estimate of drug-likeness (QED) is 0.698. The number of aromatic nitrogens is 4. The molecule has 3 aromatic rings. The van der Waals surface area contributed by atoms with Crippen molar-refractivity contribution in [3.63, 3.8) is 0 Å². The maximum absolute atomic E-state index is 12.8. The summed E-state index contributed by atoms with van der Waals surface area (Å²) in [7, 11) is 0. The highest BCUT2D eigenvalue weighted by molar-refractivity contribution is 5.92. The molecule has 1 atom stereocenters. The third-order valence-electron chi connectivity index (χ3n) is 5.09. The first-order chi connectivity index (χ1) is 12.9. The van der Waals surface area contributed by atoms with Gasteiger partial charge in [-0.3, -0.25) is 9.78 Å². The summed E-state index contributed by atoms with van der Waals surface area (Å²) in [6.07, 6.45) is 5.47. The molecule has 0 spiro atoms. The predicted molar refractivity (Wildman–Crippen MR) is 105 cm³/mol. The van der Waals surface area contributed by atoms with Crippen LogP contribution in [-0.4, -0.2) is 43.6 Å². The van der Waals surface area contributed by atoms with Crippen LogP contribution in [-0.2, 0) is 5.54 Å². The molecule has 3 aromatic heterocycles. The largest absolute Gasteiger partial charge is 0.337 e. The van der Waals surface area contributed by atoms with Gasteiger partial charge in [0.2, 0.25) is 0 Å². The molecule has 6 nitrogen and oxygen atoms in total. The van der Waals surface area contributed by atoms with Gasteiger partial charge in [0.15, 0.2) is 5.65 Å². The lowest BCUT2D eigenvalue weighted by molar-refractivity contribution is 0.0699. The highest BCUT2D eigenvalue weighted by Gasteiger charge is 2.30. The lowest BCUT2D eigenvalue weighted by atomic mass is 9.93. The molecule has 27 heavy (non-hydrogen) atoms. The Bertz CT molecular complexity index is 958. The van der Waals surface area contributed by atoms with Crippen molar-refractivity contribution >= 4 is 16.9 Å². The fourth-order valence-corrected chi connectivity index (χ4v) is 3.78. The van der Waals surface area contributed by atoms with Crippen LogP contribution in [0.3, 0.4) is 0 Å². The van der Waals surface area contributed by atoms with Crippen LogP contribution in [0.15, 0.2) is 42.7 Å². The van der Waals surface area contributed by atoms with Crippen LogP contribution in [0.4, 0.5) is 0 Å². The zero-order valence-electron chi connectivity index (χ0n) is 16.1. The maximum atomic E-state index is 12.8. The van der Waals surface area contributed by atoms with E-state index in [1.54, 1.807) is 12.3 Å². The van der Waals surface area contributed by atoms with Gasteiger partial charge in [-0.05, 0) is 57.9 Å². The van der Waals surface area contributed by atoms with Gasteiger partial charge in [0.1, 0.15) is 5.69 Å². The van der Waals surface area contributed by atoms with Crippen molar-refractivity contribution in [3.05, 3.63) is 54.1 Å². The first kappa shape index (κ1) is 17.6. The van der Waals surface area contributed by atoms with Gasteiger partial charge in [-0.15, -0.1) is 0 Å². The summed E-state index contributed by atoms with van der Waals surface area (Å²) < 4.78 is 2.01. The van der Waals surface area contributed by atoms with Gasteiger partial charge in [0, 0.05) is 36.8 Å². The molecule has 0 unspecified atom stereocenters. The van der Waals surface area contributed by atoms with Crippen LogP contribution in [0, 0.1) is 0 Å². The monoisotopic (exact) mass is 363 g/mol. The van der Waals surface area contributed by atoms with Crippen LogP contribution in [0.2, 0.25) is 0 Å². The van der Waals surface area contributed by atoms with E-state index in [0.29, 0.717) is 12.2 Å². The Morgan fingerprint density at radius 2 is 1.93 bits per heavy atom. The number of piperidine rings is 1. The van der Waals surface area contributed by atoms with Crippen molar-refractivity contribution in [3.8, 4) is 0 Å². The fourth-order valence-electron chi connectivity index (χ4n) is 3.78. The topological polar surface area (TPSA) is 63.9 Å². The average molecular weight is 363 g/mol. The molecule has 1 aliphatic heterocycles. The van der Waals surface area contributed by atoms with Gasteiger partial charge < -0.3 is 4.90 Å². The Kier molecular flexibility index (Phi) is 4.42. The molecule has 0 aromatic carbocycles. The zero-order valence-corrected chi connectivity index (χ0v) is 16.1. The van der Waals surface area contributed by atoms with E-state index in [-0.39, 0.29) is 17.4 Å². The van der Waals surface area contributed by atoms with Crippen molar-refractivity contribution in [2.75, 3.05) is 13.1 Å². The van der Waals surface area contributed by atoms with Crippen LogP contribution in [0.1, 0.15) is 55.7 Å². The molecule has 1 saturated heterocycles. The summed E-state index contributed by atoms with van der Waals surface area (Å²) in [6, 6.07) is 9.51. The number of hydrogen-bond donors (Lipinski definition) is 0. The van der Waals surface area contributed by atoms with Crippen LogP contribution in [0.25, 0.3) is 11.0 Å². The number of nitrogens with zero attached hydrogens (tertiary/aromatic N) is 5. The van der Waals surface area contributed by atoms with Crippen molar-refractivity contribution < 1.29 is 4.79 Å². The zero-order chi connectivity index (χ0) is 19.0. The summed E-state index contributed by atoms with van der Waals surface area (Å²) in [5, 5.41) is 6.04. The molecule has 1 amide bonds. The van der Waals surface area contributed by atoms with E-state index in [9.17, 15) is 4.79 Å². The van der Waals surface area contributed by atoms with Crippen molar-refractivity contribution in [1.82, 2.24) is 24.6 Å². The van der Waals surface area contributed by atoms with E-state index < -0.39 is 0 Å². The van der Waals surface area contributed by atoms with Gasteiger partial charge in [-0.1, -0.05) is 6.07 Å². The molecule has 4 heterocycles. The smallest absolute Gasteiger partial charge is 0.272 e. The van der Waals surface area contributed by atoms with Gasteiger partial charge >= 0.3 is 0 Å². The van der Waals surface area contributed by atoms with E-state index in [0.717, 1.165) is 36.1 Å². The molecule has 0 saturated carbocycles. The van der Waals surface area contributed by atoms with Gasteiger partial charge in [0.05, 0.1) is 11.2 Å². The Labute approximate surface area is 159 Å². The Balaban J connectivity index is 1.67. The minimum Gasteiger partial charge on any atom is -0.337 e. The fraction of sp³-hybridized carbons (Fsp3) is 0.429. The minimum atomic E-state index is -0.150. The summed E-state index contributed by atoms with van der Waals surface area (Å²) in [5.74, 6) is 0.208. The molecule has 0 radical (unpaired) electrons. The van der Waals surface area contributed by atoms with E-state index >= 15 is 0 Å². The molecule has 0 aliphatic carbocycles. The highest BCUT2D eigenvalue weighted by Crippen LogP contribution is 2.33. The average Bonchev–Trinajstić information content (AvgIpc) is 3.08. The van der Waals surface area contributed by atoms with E-state index in [2.05, 4.69) is 36.8 Å². The van der Waals surface area contributed by atoms with Crippen molar-refractivity contribution in [2.45, 2.75) is 45.1 Å². The molecular formula is C21H25N5O. The third-order valence-corrected chi connectivity index (χ3v) is 5.09. The van der Waals surface area contributed by atoms with Gasteiger partial charge in [-0.25, -0.2) is 9.67 Å². The first-order valence-electron chi connectivity index (χ1n) is 9.49. The number of carbonyl (C=O) groups is 1. The number of pyridine rings is 2. The molecule has 4 rings (SSSR count). The van der Waals surface area contributed by atoms with Gasteiger partial charge in [0.25, 0.3) is 5.91 Å². The Morgan fingerprint density at radius 1 is 1.11 bits per heavy atom.